The highest BCUT2D eigenvalue weighted by atomic mass is 32.2. The van der Waals surface area contributed by atoms with Crippen LogP contribution in [0.2, 0.25) is 0 Å². The van der Waals surface area contributed by atoms with E-state index in [2.05, 4.69) is 26.7 Å². The smallest absolute Gasteiger partial charge is 0.257 e. The number of rotatable bonds is 7. The maximum atomic E-state index is 12.6. The summed E-state index contributed by atoms with van der Waals surface area (Å²) in [4.78, 5) is 3.56. The molecule has 1 fully saturated rings. The first kappa shape index (κ1) is 21.2. The van der Waals surface area contributed by atoms with Crippen LogP contribution >= 0.6 is 11.3 Å². The molecule has 9 heteroatoms. The molecule has 3 aromatic rings. The fraction of sp³-hybridized carbons (Fsp3) is 0.429. The number of nitrogens with zero attached hydrogens (tertiary/aromatic N) is 3. The molecule has 0 amide bonds. The third-order valence-electron chi connectivity index (χ3n) is 5.52. The van der Waals surface area contributed by atoms with Gasteiger partial charge in [-0.15, -0.1) is 21.5 Å². The summed E-state index contributed by atoms with van der Waals surface area (Å²) in [6.07, 6.45) is 2.00. The Morgan fingerprint density at radius 3 is 2.80 bits per heavy atom. The quantitative estimate of drug-likeness (QED) is 0.593. The summed E-state index contributed by atoms with van der Waals surface area (Å²) in [5.41, 5.74) is 1.04. The summed E-state index contributed by atoms with van der Waals surface area (Å²) in [5, 5.41) is 10.4. The van der Waals surface area contributed by atoms with Crippen molar-refractivity contribution in [2.75, 3.05) is 19.6 Å². The molecule has 0 saturated carbocycles. The molecular formula is C21H26N4O3S2. The predicted molar refractivity (Wildman–Crippen MR) is 117 cm³/mol. The summed E-state index contributed by atoms with van der Waals surface area (Å²) < 4.78 is 33.8. The van der Waals surface area contributed by atoms with Gasteiger partial charge in [0.2, 0.25) is 15.9 Å². The van der Waals surface area contributed by atoms with Gasteiger partial charge in [-0.05, 0) is 62.7 Å². The Morgan fingerprint density at radius 1 is 1.27 bits per heavy atom. The molecule has 2 aromatic heterocycles. The van der Waals surface area contributed by atoms with Gasteiger partial charge in [-0.3, -0.25) is 4.90 Å². The van der Waals surface area contributed by atoms with E-state index in [1.54, 1.807) is 23.5 Å². The number of likely N-dealkylation sites (tertiary alicyclic amines) is 1. The summed E-state index contributed by atoms with van der Waals surface area (Å²) in [6, 6.07) is 10.8. The molecule has 2 unspecified atom stereocenters. The minimum atomic E-state index is -3.50. The molecule has 160 valence electrons. The Bertz CT molecular complexity index is 1060. The lowest BCUT2D eigenvalue weighted by Crippen LogP contribution is -2.42. The van der Waals surface area contributed by atoms with Crippen LogP contribution in [0.1, 0.15) is 37.3 Å². The molecule has 1 aliphatic rings. The van der Waals surface area contributed by atoms with Crippen molar-refractivity contribution in [3.8, 4) is 10.8 Å². The van der Waals surface area contributed by atoms with Crippen molar-refractivity contribution in [2.45, 2.75) is 37.6 Å². The van der Waals surface area contributed by atoms with Crippen LogP contribution in [0.15, 0.2) is 51.1 Å². The first-order valence-corrected chi connectivity index (χ1v) is 12.5. The van der Waals surface area contributed by atoms with Crippen LogP contribution in [0.25, 0.3) is 10.8 Å². The second-order valence-electron chi connectivity index (χ2n) is 7.77. The van der Waals surface area contributed by atoms with E-state index in [1.807, 2.05) is 36.6 Å². The molecule has 2 atom stereocenters. The van der Waals surface area contributed by atoms with Crippen LogP contribution in [0.5, 0.6) is 0 Å². The monoisotopic (exact) mass is 446 g/mol. The maximum Gasteiger partial charge on any atom is 0.257 e. The van der Waals surface area contributed by atoms with E-state index in [1.165, 1.54) is 0 Å². The highest BCUT2D eigenvalue weighted by Gasteiger charge is 2.28. The largest absolute Gasteiger partial charge is 0.418 e. The lowest BCUT2D eigenvalue weighted by molar-refractivity contribution is 0.117. The summed E-state index contributed by atoms with van der Waals surface area (Å²) in [6.45, 7) is 6.13. The minimum absolute atomic E-state index is 0.0114. The molecular weight excluding hydrogens is 420 g/mol. The second kappa shape index (κ2) is 8.97. The first-order chi connectivity index (χ1) is 14.4. The zero-order valence-electron chi connectivity index (χ0n) is 17.1. The average Bonchev–Trinajstić information content (AvgIpc) is 3.44. The molecule has 1 aromatic carbocycles. The summed E-state index contributed by atoms with van der Waals surface area (Å²) in [5.74, 6) is 1.38. The van der Waals surface area contributed by atoms with Crippen LogP contribution < -0.4 is 4.72 Å². The molecule has 7 nitrogen and oxygen atoms in total. The fourth-order valence-corrected chi connectivity index (χ4v) is 5.46. The van der Waals surface area contributed by atoms with Crippen molar-refractivity contribution in [3.05, 3.63) is 53.2 Å². The minimum Gasteiger partial charge on any atom is -0.418 e. The second-order valence-corrected chi connectivity index (χ2v) is 10.5. The SMILES string of the molecule is Cc1ccc(S(=O)(=O)NCC2CCCN(C(C)c3nnc(-c4cccs4)o3)C2)cc1. The number of hydrogen-bond donors (Lipinski definition) is 1. The molecule has 4 rings (SSSR count). The van der Waals surface area contributed by atoms with Crippen molar-refractivity contribution in [1.29, 1.82) is 0 Å². The van der Waals surface area contributed by atoms with Crippen LogP contribution in [0.3, 0.4) is 0 Å². The number of piperidine rings is 1. The average molecular weight is 447 g/mol. The summed E-state index contributed by atoms with van der Waals surface area (Å²) in [7, 11) is -3.50. The Morgan fingerprint density at radius 2 is 2.07 bits per heavy atom. The van der Waals surface area contributed by atoms with Gasteiger partial charge in [0.25, 0.3) is 5.89 Å². The van der Waals surface area contributed by atoms with Crippen LogP contribution in [0, 0.1) is 12.8 Å². The zero-order chi connectivity index (χ0) is 21.1. The van der Waals surface area contributed by atoms with E-state index < -0.39 is 10.0 Å². The zero-order valence-corrected chi connectivity index (χ0v) is 18.7. The number of benzene rings is 1. The van der Waals surface area contributed by atoms with E-state index in [4.69, 9.17) is 4.42 Å². The van der Waals surface area contributed by atoms with E-state index in [0.717, 1.165) is 36.4 Å². The number of aromatic nitrogens is 2. The topological polar surface area (TPSA) is 88.3 Å². The molecule has 0 bridgehead atoms. The molecule has 1 N–H and O–H groups in total. The van der Waals surface area contributed by atoms with Gasteiger partial charge in [0.05, 0.1) is 15.8 Å². The maximum absolute atomic E-state index is 12.6. The molecule has 1 saturated heterocycles. The van der Waals surface area contributed by atoms with Gasteiger partial charge in [0.1, 0.15) is 0 Å². The Labute approximate surface area is 181 Å². The van der Waals surface area contributed by atoms with E-state index in [0.29, 0.717) is 23.2 Å². The Balaban J connectivity index is 1.36. The van der Waals surface area contributed by atoms with Gasteiger partial charge in [-0.25, -0.2) is 13.1 Å². The highest BCUT2D eigenvalue weighted by molar-refractivity contribution is 7.89. The lowest BCUT2D eigenvalue weighted by Gasteiger charge is -2.35. The van der Waals surface area contributed by atoms with Gasteiger partial charge >= 0.3 is 0 Å². The predicted octanol–water partition coefficient (Wildman–Crippen LogP) is 3.86. The van der Waals surface area contributed by atoms with E-state index in [9.17, 15) is 8.42 Å². The third-order valence-corrected chi connectivity index (χ3v) is 7.82. The van der Waals surface area contributed by atoms with Crippen LogP contribution in [-0.2, 0) is 10.0 Å². The molecule has 3 heterocycles. The van der Waals surface area contributed by atoms with E-state index in [-0.39, 0.29) is 12.0 Å². The summed E-state index contributed by atoms with van der Waals surface area (Å²) >= 11 is 1.57. The van der Waals surface area contributed by atoms with Crippen molar-refractivity contribution in [1.82, 2.24) is 19.8 Å². The van der Waals surface area contributed by atoms with Crippen molar-refractivity contribution in [2.24, 2.45) is 5.92 Å². The van der Waals surface area contributed by atoms with Gasteiger partial charge in [-0.2, -0.15) is 0 Å². The molecule has 1 aliphatic heterocycles. The molecule has 0 aliphatic carbocycles. The number of sulfonamides is 1. The third kappa shape index (κ3) is 4.80. The number of thiophene rings is 1. The molecule has 30 heavy (non-hydrogen) atoms. The number of hydrogen-bond acceptors (Lipinski definition) is 7. The Hall–Kier alpha value is -2.07. The molecule has 0 radical (unpaired) electrons. The first-order valence-electron chi connectivity index (χ1n) is 10.1. The number of aryl methyl sites for hydroxylation is 1. The number of nitrogens with one attached hydrogen (secondary N) is 1. The normalized spacial score (nSPS) is 19.1. The van der Waals surface area contributed by atoms with Gasteiger partial charge in [-0.1, -0.05) is 23.8 Å². The van der Waals surface area contributed by atoms with Crippen molar-refractivity contribution >= 4 is 21.4 Å². The molecule has 0 spiro atoms. The van der Waals surface area contributed by atoms with Gasteiger partial charge < -0.3 is 4.42 Å². The van der Waals surface area contributed by atoms with Gasteiger partial charge in [0, 0.05) is 13.1 Å². The van der Waals surface area contributed by atoms with E-state index >= 15 is 0 Å². The standard InChI is InChI=1S/C21H26N4O3S2/c1-15-7-9-18(10-8-15)30(26,27)22-13-17-5-3-11-25(14-17)16(2)20-23-24-21(28-20)19-6-4-12-29-19/h4,6-10,12,16-17,22H,3,5,11,13-14H2,1-2H3. The highest BCUT2D eigenvalue weighted by Crippen LogP contribution is 2.29. The van der Waals surface area contributed by atoms with Crippen LogP contribution in [-0.4, -0.2) is 43.1 Å². The van der Waals surface area contributed by atoms with Crippen molar-refractivity contribution < 1.29 is 12.8 Å². The Kier molecular flexibility index (Phi) is 6.33. The fourth-order valence-electron chi connectivity index (χ4n) is 3.70. The lowest BCUT2D eigenvalue weighted by atomic mass is 9.97. The van der Waals surface area contributed by atoms with Crippen LogP contribution in [0.4, 0.5) is 0 Å². The van der Waals surface area contributed by atoms with Gasteiger partial charge in [0.15, 0.2) is 0 Å². The van der Waals surface area contributed by atoms with Crippen molar-refractivity contribution in [3.63, 3.8) is 0 Å².